The molecule has 3 N–H and O–H groups in total. The third-order valence-electron chi connectivity index (χ3n) is 5.97. The Labute approximate surface area is 308 Å². The van der Waals surface area contributed by atoms with Crippen LogP contribution in [0.1, 0.15) is 0 Å². The highest BCUT2D eigenvalue weighted by Gasteiger charge is 1.98. The maximum absolute atomic E-state index is 10.3. The largest absolute Gasteiger partial charge is 0.465 e. The van der Waals surface area contributed by atoms with Gasteiger partial charge >= 0.3 is 6.09 Å². The molecule has 0 aliphatic heterocycles. The van der Waals surface area contributed by atoms with Gasteiger partial charge in [0.25, 0.3) is 0 Å². The summed E-state index contributed by atoms with van der Waals surface area (Å²) in [6, 6.07) is 0. The Bertz CT molecular complexity index is 672. The maximum Gasteiger partial charge on any atom is 0.404 e. The molecule has 0 rings (SSSR count). The molecule has 19 heteroatoms. The van der Waals surface area contributed by atoms with Gasteiger partial charge in [0.05, 0.1) is 205 Å². The van der Waals surface area contributed by atoms with Crippen molar-refractivity contribution in [3.63, 3.8) is 0 Å². The smallest absolute Gasteiger partial charge is 0.404 e. The molecule has 0 fully saturated rings. The van der Waals surface area contributed by atoms with E-state index in [-0.39, 0.29) is 13.2 Å². The van der Waals surface area contributed by atoms with E-state index in [4.69, 9.17) is 81.3 Å². The Morgan fingerprint density at radius 3 is 0.596 bits per heavy atom. The number of carbonyl (C=O) groups is 1. The lowest BCUT2D eigenvalue weighted by Gasteiger charge is -2.09. The van der Waals surface area contributed by atoms with Crippen molar-refractivity contribution >= 4 is 6.09 Å². The van der Waals surface area contributed by atoms with Crippen LogP contribution in [0.5, 0.6) is 0 Å². The van der Waals surface area contributed by atoms with Gasteiger partial charge in [0, 0.05) is 6.54 Å². The molecule has 0 aliphatic rings. The number of aliphatic hydroxyl groups excluding tert-OH is 1. The Kier molecular flexibility index (Phi) is 46.4. The molecule has 0 atom stereocenters. The molecule has 0 aliphatic carbocycles. The third-order valence-corrected chi connectivity index (χ3v) is 5.97. The second-order valence-electron chi connectivity index (χ2n) is 10.1. The fourth-order valence-corrected chi connectivity index (χ4v) is 3.48. The fraction of sp³-hybridized carbons (Fsp3) is 0.970. The van der Waals surface area contributed by atoms with E-state index in [1.807, 2.05) is 0 Å². The van der Waals surface area contributed by atoms with Crippen LogP contribution in [0.3, 0.4) is 0 Å². The van der Waals surface area contributed by atoms with Gasteiger partial charge in [-0.2, -0.15) is 0 Å². The molecule has 0 heterocycles. The number of aliphatic hydroxyl groups is 1. The SMILES string of the molecule is O=C(O)NCCOCCOCCOCCOCCOCCOCCOCCOCCOCCOCCOCCOCCOCCOCCOCCO. The van der Waals surface area contributed by atoms with Crippen LogP contribution in [0, 0.1) is 0 Å². The monoisotopic (exact) mass is 765 g/mol. The van der Waals surface area contributed by atoms with Crippen molar-refractivity contribution in [3.8, 4) is 0 Å². The summed E-state index contributed by atoms with van der Waals surface area (Å²) in [7, 11) is 0. The van der Waals surface area contributed by atoms with Gasteiger partial charge in [-0.1, -0.05) is 0 Å². The van der Waals surface area contributed by atoms with Crippen molar-refractivity contribution in [1.29, 1.82) is 0 Å². The summed E-state index contributed by atoms with van der Waals surface area (Å²) in [6.45, 7) is 14.3. The number of ether oxygens (including phenoxy) is 15. The van der Waals surface area contributed by atoms with Gasteiger partial charge in [0.1, 0.15) is 0 Å². The second kappa shape index (κ2) is 47.7. The number of nitrogens with one attached hydrogen (secondary N) is 1. The molecule has 0 unspecified atom stereocenters. The molecule has 0 aromatic carbocycles. The van der Waals surface area contributed by atoms with Crippen LogP contribution >= 0.6 is 0 Å². The lowest BCUT2D eigenvalue weighted by molar-refractivity contribution is -0.0301. The molecule has 0 aromatic rings. The molecule has 0 spiro atoms. The lowest BCUT2D eigenvalue weighted by Crippen LogP contribution is -2.25. The molecule has 1 amide bonds. The number of carboxylic acid groups (broad SMARTS) is 1. The Hall–Kier alpha value is -1.37. The first-order chi connectivity index (χ1) is 25.8. The van der Waals surface area contributed by atoms with Gasteiger partial charge in [-0.05, 0) is 0 Å². The predicted octanol–water partition coefficient (Wildman–Crippen LogP) is -0.505. The minimum Gasteiger partial charge on any atom is -0.465 e. The van der Waals surface area contributed by atoms with E-state index in [1.54, 1.807) is 0 Å². The van der Waals surface area contributed by atoms with Crippen molar-refractivity contribution in [2.75, 3.05) is 211 Å². The molecule has 312 valence electrons. The van der Waals surface area contributed by atoms with E-state index < -0.39 is 6.09 Å². The zero-order valence-corrected chi connectivity index (χ0v) is 31.1. The van der Waals surface area contributed by atoms with Gasteiger partial charge in [-0.3, -0.25) is 0 Å². The van der Waals surface area contributed by atoms with Crippen LogP contribution < -0.4 is 5.32 Å². The van der Waals surface area contributed by atoms with Crippen molar-refractivity contribution in [2.45, 2.75) is 0 Å². The molecule has 52 heavy (non-hydrogen) atoms. The van der Waals surface area contributed by atoms with E-state index in [0.717, 1.165) is 0 Å². The minimum absolute atomic E-state index is 0.0193. The highest BCUT2D eigenvalue weighted by atomic mass is 16.6. The predicted molar refractivity (Wildman–Crippen MR) is 185 cm³/mol. The Morgan fingerprint density at radius 2 is 0.442 bits per heavy atom. The zero-order chi connectivity index (χ0) is 37.5. The van der Waals surface area contributed by atoms with Crippen LogP contribution in [-0.2, 0) is 71.1 Å². The average Bonchev–Trinajstić information content (AvgIpc) is 3.14. The summed E-state index contributed by atoms with van der Waals surface area (Å²) < 4.78 is 80.9. The molecular formula is C33H67NO18. The summed E-state index contributed by atoms with van der Waals surface area (Å²) >= 11 is 0. The van der Waals surface area contributed by atoms with Crippen molar-refractivity contribution < 1.29 is 86.1 Å². The number of amides is 1. The second-order valence-corrected chi connectivity index (χ2v) is 10.1. The van der Waals surface area contributed by atoms with E-state index in [1.165, 1.54) is 0 Å². The quantitative estimate of drug-likeness (QED) is 0.0667. The summed E-state index contributed by atoms with van der Waals surface area (Å²) in [6.07, 6.45) is -1.06. The fourth-order valence-electron chi connectivity index (χ4n) is 3.48. The standard InChI is InChI=1S/C33H67NO18/c35-2-4-39-6-8-41-10-12-43-14-16-45-18-20-47-22-24-49-26-28-51-30-32-52-31-29-50-27-25-48-23-21-46-19-17-44-15-13-42-11-9-40-7-5-38-3-1-34-33(36)37/h34-35H,1-32H2,(H,36,37). The first kappa shape index (κ1) is 50.6. The van der Waals surface area contributed by atoms with E-state index in [2.05, 4.69) is 5.32 Å². The van der Waals surface area contributed by atoms with E-state index in [9.17, 15) is 4.79 Å². The van der Waals surface area contributed by atoms with E-state index >= 15 is 0 Å². The minimum atomic E-state index is -1.06. The third kappa shape index (κ3) is 48.6. The number of hydrogen-bond acceptors (Lipinski definition) is 17. The summed E-state index contributed by atoms with van der Waals surface area (Å²) in [5, 5.41) is 19.2. The van der Waals surface area contributed by atoms with Gasteiger partial charge in [-0.25, -0.2) is 4.79 Å². The normalized spacial score (nSPS) is 11.5. The van der Waals surface area contributed by atoms with Crippen molar-refractivity contribution in [2.24, 2.45) is 0 Å². The molecular weight excluding hydrogens is 698 g/mol. The van der Waals surface area contributed by atoms with Crippen LogP contribution in [0.2, 0.25) is 0 Å². The van der Waals surface area contributed by atoms with Gasteiger partial charge in [0.2, 0.25) is 0 Å². The molecule has 0 saturated heterocycles. The van der Waals surface area contributed by atoms with Crippen LogP contribution in [0.4, 0.5) is 4.79 Å². The maximum atomic E-state index is 10.3. The van der Waals surface area contributed by atoms with Gasteiger partial charge < -0.3 is 86.6 Å². The van der Waals surface area contributed by atoms with Crippen LogP contribution in [0.15, 0.2) is 0 Å². The highest BCUT2D eigenvalue weighted by molar-refractivity contribution is 5.64. The summed E-state index contributed by atoms with van der Waals surface area (Å²) in [4.78, 5) is 10.3. The molecule has 0 radical (unpaired) electrons. The van der Waals surface area contributed by atoms with Crippen LogP contribution in [0.25, 0.3) is 0 Å². The topological polar surface area (TPSA) is 208 Å². The van der Waals surface area contributed by atoms with Gasteiger partial charge in [-0.15, -0.1) is 0 Å². The zero-order valence-electron chi connectivity index (χ0n) is 31.1. The first-order valence-electron chi connectivity index (χ1n) is 18.0. The lowest BCUT2D eigenvalue weighted by atomic mass is 10.6. The highest BCUT2D eigenvalue weighted by Crippen LogP contribution is 1.88. The summed E-state index contributed by atoms with van der Waals surface area (Å²) in [5.41, 5.74) is 0. The Balaban J connectivity index is 3.05. The van der Waals surface area contributed by atoms with Crippen LogP contribution in [-0.4, -0.2) is 228 Å². The first-order valence-corrected chi connectivity index (χ1v) is 18.0. The van der Waals surface area contributed by atoms with Crippen molar-refractivity contribution in [1.82, 2.24) is 5.32 Å². The average molecular weight is 766 g/mol. The molecule has 0 saturated carbocycles. The molecule has 0 bridgehead atoms. The Morgan fingerprint density at radius 1 is 0.288 bits per heavy atom. The molecule has 19 nitrogen and oxygen atoms in total. The van der Waals surface area contributed by atoms with Gasteiger partial charge in [0.15, 0.2) is 0 Å². The molecule has 0 aromatic heterocycles. The summed E-state index contributed by atoms with van der Waals surface area (Å²) in [5.74, 6) is 0. The number of rotatable bonds is 47. The van der Waals surface area contributed by atoms with E-state index in [0.29, 0.717) is 198 Å². The van der Waals surface area contributed by atoms with Crippen molar-refractivity contribution in [3.05, 3.63) is 0 Å². The number of hydrogen-bond donors (Lipinski definition) is 3.